The van der Waals surface area contributed by atoms with Crippen molar-refractivity contribution in [1.82, 2.24) is 9.97 Å². The molecule has 0 bridgehead atoms. The van der Waals surface area contributed by atoms with E-state index in [-0.39, 0.29) is 0 Å². The number of rotatable bonds is 2. The molecule has 2 aromatic heterocycles. The summed E-state index contributed by atoms with van der Waals surface area (Å²) in [5.41, 5.74) is 1.77. The van der Waals surface area contributed by atoms with Crippen LogP contribution in [0.25, 0.3) is 0 Å². The van der Waals surface area contributed by atoms with Gasteiger partial charge in [0.2, 0.25) is 0 Å². The summed E-state index contributed by atoms with van der Waals surface area (Å²) in [4.78, 5) is 8.07. The topological polar surface area (TPSA) is 58.4 Å². The van der Waals surface area contributed by atoms with Crippen LogP contribution < -0.4 is 0 Å². The van der Waals surface area contributed by atoms with Crippen molar-refractivity contribution < 1.29 is 5.21 Å². The zero-order chi connectivity index (χ0) is 10.5. The zero-order valence-electron chi connectivity index (χ0n) is 7.91. The molecule has 4 nitrogen and oxygen atoms in total. The van der Waals surface area contributed by atoms with Gasteiger partial charge in [-0.1, -0.05) is 11.2 Å². The average molecular weight is 199 g/mol. The Morgan fingerprint density at radius 2 is 2.07 bits per heavy atom. The maximum atomic E-state index is 8.95. The predicted octanol–water partition coefficient (Wildman–Crippen LogP) is 1.70. The Hall–Kier alpha value is -2.23. The van der Waals surface area contributed by atoms with Gasteiger partial charge in [-0.05, 0) is 24.3 Å². The molecule has 2 rings (SSSR count). The Labute approximate surface area is 86.9 Å². The lowest BCUT2D eigenvalue weighted by molar-refractivity contribution is 0.319. The minimum atomic E-state index is 0.420. The minimum Gasteiger partial charge on any atom is -0.410 e. The fourth-order valence-corrected chi connectivity index (χ4v) is 1.26. The largest absolute Gasteiger partial charge is 0.410 e. The monoisotopic (exact) mass is 199 g/mol. The summed E-state index contributed by atoms with van der Waals surface area (Å²) in [6, 6.07) is 9.02. The highest BCUT2D eigenvalue weighted by atomic mass is 16.4. The fourth-order valence-electron chi connectivity index (χ4n) is 1.26. The molecule has 0 spiro atoms. The van der Waals surface area contributed by atoms with Gasteiger partial charge in [0.25, 0.3) is 0 Å². The first-order valence-electron chi connectivity index (χ1n) is 4.45. The van der Waals surface area contributed by atoms with E-state index in [0.717, 1.165) is 5.56 Å². The normalized spacial score (nSPS) is 11.3. The molecule has 4 heteroatoms. The van der Waals surface area contributed by atoms with Crippen LogP contribution in [0.15, 0.2) is 54.1 Å². The van der Waals surface area contributed by atoms with Gasteiger partial charge in [0.05, 0.1) is 5.69 Å². The van der Waals surface area contributed by atoms with Crippen LogP contribution in [0.2, 0.25) is 0 Å². The van der Waals surface area contributed by atoms with Crippen molar-refractivity contribution in [2.75, 3.05) is 0 Å². The van der Waals surface area contributed by atoms with Crippen molar-refractivity contribution in [1.29, 1.82) is 0 Å². The standard InChI is InChI=1S/C11H9N3O/c15-14-11(9-4-3-6-12-8-9)10-5-1-2-7-13-10/h1-8,15H/b14-11-. The molecule has 2 aromatic rings. The highest BCUT2D eigenvalue weighted by Crippen LogP contribution is 2.06. The molecule has 0 fully saturated rings. The van der Waals surface area contributed by atoms with Gasteiger partial charge in [0.15, 0.2) is 0 Å². The molecular weight excluding hydrogens is 190 g/mol. The molecule has 0 aliphatic heterocycles. The Bertz CT molecular complexity index is 412. The second-order valence-electron chi connectivity index (χ2n) is 2.91. The smallest absolute Gasteiger partial charge is 0.137 e. The van der Waals surface area contributed by atoms with E-state index in [2.05, 4.69) is 15.1 Å². The van der Waals surface area contributed by atoms with Crippen LogP contribution in [-0.4, -0.2) is 20.9 Å². The van der Waals surface area contributed by atoms with E-state index in [1.54, 1.807) is 30.7 Å². The molecule has 0 saturated carbocycles. The van der Waals surface area contributed by atoms with Gasteiger partial charge in [0, 0.05) is 24.2 Å². The van der Waals surface area contributed by atoms with Crippen LogP contribution in [0, 0.1) is 0 Å². The molecule has 0 saturated heterocycles. The SMILES string of the molecule is O/N=C(/c1cccnc1)c1ccccn1. The van der Waals surface area contributed by atoms with Crippen molar-refractivity contribution in [3.63, 3.8) is 0 Å². The van der Waals surface area contributed by atoms with E-state index in [9.17, 15) is 0 Å². The highest BCUT2D eigenvalue weighted by Gasteiger charge is 2.07. The number of aromatic nitrogens is 2. The fraction of sp³-hybridized carbons (Fsp3) is 0. The lowest BCUT2D eigenvalue weighted by Crippen LogP contribution is -2.05. The maximum Gasteiger partial charge on any atom is 0.137 e. The third-order valence-corrected chi connectivity index (χ3v) is 1.94. The highest BCUT2D eigenvalue weighted by molar-refractivity contribution is 6.11. The molecule has 0 unspecified atom stereocenters. The van der Waals surface area contributed by atoms with E-state index < -0.39 is 0 Å². The van der Waals surface area contributed by atoms with Crippen molar-refractivity contribution in [3.05, 3.63) is 60.2 Å². The minimum absolute atomic E-state index is 0.420. The molecule has 2 heterocycles. The van der Waals surface area contributed by atoms with Gasteiger partial charge in [-0.3, -0.25) is 9.97 Å². The molecular formula is C11H9N3O. The summed E-state index contributed by atoms with van der Waals surface area (Å²) < 4.78 is 0. The second-order valence-corrected chi connectivity index (χ2v) is 2.91. The first-order valence-corrected chi connectivity index (χ1v) is 4.45. The third-order valence-electron chi connectivity index (χ3n) is 1.94. The van der Waals surface area contributed by atoms with Crippen LogP contribution in [-0.2, 0) is 0 Å². The second kappa shape index (κ2) is 4.32. The lowest BCUT2D eigenvalue weighted by atomic mass is 10.1. The molecule has 0 atom stereocenters. The summed E-state index contributed by atoms with van der Waals surface area (Å²) >= 11 is 0. The molecule has 1 N–H and O–H groups in total. The lowest BCUT2D eigenvalue weighted by Gasteiger charge is -2.02. The Kier molecular flexibility index (Phi) is 2.69. The summed E-state index contributed by atoms with van der Waals surface area (Å²) in [5, 5.41) is 12.2. The van der Waals surface area contributed by atoms with Crippen LogP contribution in [0.5, 0.6) is 0 Å². The Morgan fingerprint density at radius 3 is 2.67 bits per heavy atom. The molecule has 0 aromatic carbocycles. The molecule has 0 amide bonds. The molecule has 15 heavy (non-hydrogen) atoms. The number of hydrogen-bond donors (Lipinski definition) is 1. The summed E-state index contributed by atoms with van der Waals surface area (Å²) in [5.74, 6) is 0. The number of oxime groups is 1. The van der Waals surface area contributed by atoms with E-state index in [1.165, 1.54) is 0 Å². The van der Waals surface area contributed by atoms with Gasteiger partial charge in [-0.2, -0.15) is 0 Å². The Morgan fingerprint density at radius 1 is 1.13 bits per heavy atom. The van der Waals surface area contributed by atoms with Crippen LogP contribution in [0.4, 0.5) is 0 Å². The van der Waals surface area contributed by atoms with Gasteiger partial charge in [0.1, 0.15) is 5.71 Å². The molecule has 0 radical (unpaired) electrons. The molecule has 0 aliphatic carbocycles. The quantitative estimate of drug-likeness (QED) is 0.455. The van der Waals surface area contributed by atoms with Crippen molar-refractivity contribution >= 4 is 5.71 Å². The third kappa shape index (κ3) is 1.99. The van der Waals surface area contributed by atoms with Crippen LogP contribution >= 0.6 is 0 Å². The summed E-state index contributed by atoms with van der Waals surface area (Å²) in [6.07, 6.45) is 4.94. The first-order chi connectivity index (χ1) is 7.42. The van der Waals surface area contributed by atoms with Crippen molar-refractivity contribution in [3.8, 4) is 0 Å². The van der Waals surface area contributed by atoms with Gasteiger partial charge >= 0.3 is 0 Å². The van der Waals surface area contributed by atoms with Crippen LogP contribution in [0.1, 0.15) is 11.3 Å². The number of pyridine rings is 2. The van der Waals surface area contributed by atoms with E-state index >= 15 is 0 Å². The van der Waals surface area contributed by atoms with E-state index in [0.29, 0.717) is 11.4 Å². The van der Waals surface area contributed by atoms with E-state index in [4.69, 9.17) is 5.21 Å². The first kappa shape index (κ1) is 9.33. The number of hydrogen-bond acceptors (Lipinski definition) is 4. The molecule has 0 aliphatic rings. The zero-order valence-corrected chi connectivity index (χ0v) is 7.91. The average Bonchev–Trinajstić information content (AvgIpc) is 2.33. The summed E-state index contributed by atoms with van der Waals surface area (Å²) in [6.45, 7) is 0. The van der Waals surface area contributed by atoms with Crippen molar-refractivity contribution in [2.24, 2.45) is 5.16 Å². The van der Waals surface area contributed by atoms with Gasteiger partial charge < -0.3 is 5.21 Å². The van der Waals surface area contributed by atoms with Crippen LogP contribution in [0.3, 0.4) is 0 Å². The maximum absolute atomic E-state index is 8.95. The number of nitrogens with zero attached hydrogens (tertiary/aromatic N) is 3. The van der Waals surface area contributed by atoms with Gasteiger partial charge in [-0.15, -0.1) is 0 Å². The van der Waals surface area contributed by atoms with Gasteiger partial charge in [-0.25, -0.2) is 0 Å². The van der Waals surface area contributed by atoms with Crippen molar-refractivity contribution in [2.45, 2.75) is 0 Å². The molecule has 74 valence electrons. The Balaban J connectivity index is 2.44. The predicted molar refractivity (Wildman–Crippen MR) is 55.9 cm³/mol. The summed E-state index contributed by atoms with van der Waals surface area (Å²) in [7, 11) is 0. The van der Waals surface area contributed by atoms with E-state index in [1.807, 2.05) is 18.2 Å².